The number of nitro groups is 1. The highest BCUT2D eigenvalue weighted by Gasteiger charge is 2.08. The third-order valence-electron chi connectivity index (χ3n) is 2.51. The van der Waals surface area contributed by atoms with E-state index in [0.29, 0.717) is 5.75 Å². The van der Waals surface area contributed by atoms with Gasteiger partial charge in [-0.2, -0.15) is 9.97 Å². The molecule has 0 fully saturated rings. The van der Waals surface area contributed by atoms with Gasteiger partial charge in [0.25, 0.3) is 0 Å². The molecule has 0 aliphatic carbocycles. The van der Waals surface area contributed by atoms with Crippen molar-refractivity contribution in [1.82, 2.24) is 9.97 Å². The Morgan fingerprint density at radius 3 is 2.39 bits per heavy atom. The van der Waals surface area contributed by atoms with Gasteiger partial charge in [0.2, 0.25) is 0 Å². The minimum absolute atomic E-state index is 0.0869. The average Bonchev–Trinajstić information content (AvgIpc) is 2.34. The van der Waals surface area contributed by atoms with Gasteiger partial charge in [-0.05, 0) is 37.1 Å². The molecule has 0 radical (unpaired) electrons. The first-order valence-corrected chi connectivity index (χ1v) is 5.28. The summed E-state index contributed by atoms with van der Waals surface area (Å²) >= 11 is 0. The van der Waals surface area contributed by atoms with Crippen molar-refractivity contribution in [3.8, 4) is 11.8 Å². The van der Waals surface area contributed by atoms with E-state index in [1.165, 1.54) is 0 Å². The van der Waals surface area contributed by atoms with Crippen LogP contribution in [-0.2, 0) is 0 Å². The van der Waals surface area contributed by atoms with Crippen molar-refractivity contribution in [3.63, 3.8) is 0 Å². The van der Waals surface area contributed by atoms with Crippen molar-refractivity contribution in [2.24, 2.45) is 0 Å². The fraction of sp³-hybridized carbons (Fsp3) is 0.167. The van der Waals surface area contributed by atoms with Crippen LogP contribution < -0.4 is 4.74 Å². The molecular weight excluding hydrogens is 234 g/mol. The van der Waals surface area contributed by atoms with E-state index in [1.54, 1.807) is 6.07 Å². The molecular formula is C12H11N3O3. The van der Waals surface area contributed by atoms with Gasteiger partial charge in [-0.25, -0.2) is 0 Å². The summed E-state index contributed by atoms with van der Waals surface area (Å²) < 4.78 is 5.40. The lowest BCUT2D eigenvalue weighted by molar-refractivity contribution is -0.385. The lowest BCUT2D eigenvalue weighted by Crippen LogP contribution is -1.95. The zero-order valence-electron chi connectivity index (χ0n) is 9.95. The second-order valence-electron chi connectivity index (χ2n) is 3.83. The molecule has 6 heteroatoms. The van der Waals surface area contributed by atoms with Gasteiger partial charge in [0.05, 0.1) is 4.92 Å². The van der Waals surface area contributed by atoms with E-state index < -0.39 is 4.92 Å². The number of ether oxygens (including phenoxy) is 1. The average molecular weight is 245 g/mol. The zero-order chi connectivity index (χ0) is 13.1. The Labute approximate surface area is 103 Å². The maximum Gasteiger partial charge on any atom is 0.322 e. The van der Waals surface area contributed by atoms with Crippen LogP contribution in [0.25, 0.3) is 0 Å². The second-order valence-corrected chi connectivity index (χ2v) is 3.83. The number of rotatable bonds is 3. The molecule has 0 atom stereocenters. The van der Waals surface area contributed by atoms with Gasteiger partial charge in [0, 0.05) is 0 Å². The minimum Gasteiger partial charge on any atom is -0.424 e. The maximum atomic E-state index is 10.4. The normalized spacial score (nSPS) is 10.1. The number of nitrogens with zero attached hydrogens (tertiary/aromatic N) is 3. The molecule has 1 aromatic carbocycles. The van der Waals surface area contributed by atoms with Crippen molar-refractivity contribution in [2.45, 2.75) is 13.8 Å². The van der Waals surface area contributed by atoms with E-state index in [1.807, 2.05) is 26.0 Å². The maximum absolute atomic E-state index is 10.4. The van der Waals surface area contributed by atoms with Crippen molar-refractivity contribution >= 4 is 5.69 Å². The monoisotopic (exact) mass is 245 g/mol. The predicted molar refractivity (Wildman–Crippen MR) is 64.7 cm³/mol. The molecule has 18 heavy (non-hydrogen) atoms. The molecule has 6 nitrogen and oxygen atoms in total. The first kappa shape index (κ1) is 12.0. The number of hydrogen-bond acceptors (Lipinski definition) is 5. The topological polar surface area (TPSA) is 78.2 Å². The summed E-state index contributed by atoms with van der Waals surface area (Å²) in [5, 5.41) is 10.4. The summed E-state index contributed by atoms with van der Waals surface area (Å²) in [6, 6.07) is 5.67. The van der Waals surface area contributed by atoms with Crippen LogP contribution in [0.4, 0.5) is 5.69 Å². The molecule has 92 valence electrons. The van der Waals surface area contributed by atoms with E-state index in [-0.39, 0.29) is 11.7 Å². The zero-order valence-corrected chi connectivity index (χ0v) is 9.95. The van der Waals surface area contributed by atoms with Crippen molar-refractivity contribution in [2.75, 3.05) is 0 Å². The van der Waals surface area contributed by atoms with Gasteiger partial charge in [-0.3, -0.25) is 10.1 Å². The Bertz CT molecular complexity index is 582. The summed E-state index contributed by atoms with van der Waals surface area (Å²) in [7, 11) is 0. The largest absolute Gasteiger partial charge is 0.424 e. The lowest BCUT2D eigenvalue weighted by Gasteiger charge is -2.05. The van der Waals surface area contributed by atoms with Crippen LogP contribution in [0.1, 0.15) is 11.1 Å². The first-order chi connectivity index (χ1) is 8.56. The fourth-order valence-corrected chi connectivity index (χ4v) is 1.34. The van der Waals surface area contributed by atoms with Gasteiger partial charge in [0.15, 0.2) is 0 Å². The van der Waals surface area contributed by atoms with Gasteiger partial charge >= 0.3 is 11.7 Å². The smallest absolute Gasteiger partial charge is 0.322 e. The molecule has 0 aliphatic heterocycles. The number of benzene rings is 1. The summed E-state index contributed by atoms with van der Waals surface area (Å²) in [6.45, 7) is 3.97. The first-order valence-electron chi connectivity index (χ1n) is 5.28. The van der Waals surface area contributed by atoms with Crippen molar-refractivity contribution in [3.05, 3.63) is 51.8 Å². The van der Waals surface area contributed by atoms with Crippen LogP contribution in [0, 0.1) is 24.0 Å². The molecule has 1 aromatic heterocycles. The van der Waals surface area contributed by atoms with E-state index in [2.05, 4.69) is 9.97 Å². The molecule has 0 aliphatic rings. The molecule has 0 spiro atoms. The third-order valence-corrected chi connectivity index (χ3v) is 2.51. The second kappa shape index (κ2) is 4.79. The Morgan fingerprint density at radius 2 is 1.83 bits per heavy atom. The predicted octanol–water partition coefficient (Wildman–Crippen LogP) is 2.79. The SMILES string of the molecule is Cc1ccc(Oc2ncc([N+](=O)[O-])cn2)cc1C. The van der Waals surface area contributed by atoms with E-state index >= 15 is 0 Å². The van der Waals surface area contributed by atoms with Crippen molar-refractivity contribution in [1.29, 1.82) is 0 Å². The van der Waals surface area contributed by atoms with Crippen molar-refractivity contribution < 1.29 is 9.66 Å². The van der Waals surface area contributed by atoms with Gasteiger partial charge in [0.1, 0.15) is 18.1 Å². The third kappa shape index (κ3) is 2.60. The van der Waals surface area contributed by atoms with E-state index in [9.17, 15) is 10.1 Å². The molecule has 0 unspecified atom stereocenters. The molecule has 2 rings (SSSR count). The standard InChI is InChI=1S/C12H11N3O3/c1-8-3-4-11(5-9(8)2)18-12-13-6-10(7-14-12)15(16)17/h3-7H,1-2H3. The van der Waals surface area contributed by atoms with Crippen LogP contribution in [-0.4, -0.2) is 14.9 Å². The fourth-order valence-electron chi connectivity index (χ4n) is 1.34. The molecule has 0 amide bonds. The summed E-state index contributed by atoms with van der Waals surface area (Å²) in [5.41, 5.74) is 2.09. The van der Waals surface area contributed by atoms with Crippen LogP contribution in [0.2, 0.25) is 0 Å². The highest BCUT2D eigenvalue weighted by atomic mass is 16.6. The molecule has 0 saturated carbocycles. The van der Waals surface area contributed by atoms with Gasteiger partial charge in [-0.15, -0.1) is 0 Å². The van der Waals surface area contributed by atoms with E-state index in [4.69, 9.17) is 4.74 Å². The Morgan fingerprint density at radius 1 is 1.17 bits per heavy atom. The Balaban J connectivity index is 2.18. The molecule has 0 bridgehead atoms. The van der Waals surface area contributed by atoms with Gasteiger partial charge in [-0.1, -0.05) is 6.07 Å². The highest BCUT2D eigenvalue weighted by Crippen LogP contribution is 2.21. The molecule has 1 heterocycles. The molecule has 2 aromatic rings. The van der Waals surface area contributed by atoms with E-state index in [0.717, 1.165) is 23.5 Å². The summed E-state index contributed by atoms with van der Waals surface area (Å²) in [5.74, 6) is 0.604. The summed E-state index contributed by atoms with van der Waals surface area (Å²) in [4.78, 5) is 17.4. The van der Waals surface area contributed by atoms with Crippen LogP contribution in [0.3, 0.4) is 0 Å². The van der Waals surface area contributed by atoms with Crippen LogP contribution in [0.5, 0.6) is 11.8 Å². The molecule has 0 saturated heterocycles. The highest BCUT2D eigenvalue weighted by molar-refractivity contribution is 5.35. The Hall–Kier alpha value is -2.50. The molecule has 0 N–H and O–H groups in total. The number of aryl methyl sites for hydroxylation is 2. The van der Waals surface area contributed by atoms with Crippen LogP contribution in [0.15, 0.2) is 30.6 Å². The Kier molecular flexibility index (Phi) is 3.18. The number of aromatic nitrogens is 2. The number of hydrogen-bond donors (Lipinski definition) is 0. The quantitative estimate of drug-likeness (QED) is 0.613. The minimum atomic E-state index is -0.556. The van der Waals surface area contributed by atoms with Crippen LogP contribution >= 0.6 is 0 Å². The summed E-state index contributed by atoms with van der Waals surface area (Å²) in [6.07, 6.45) is 2.23. The lowest BCUT2D eigenvalue weighted by atomic mass is 10.1. The van der Waals surface area contributed by atoms with Gasteiger partial charge < -0.3 is 4.74 Å².